The largest absolute Gasteiger partial charge is 0.505 e. The molecule has 3 aromatic rings. The quantitative estimate of drug-likeness (QED) is 0.535. The first-order chi connectivity index (χ1) is 13.0. The van der Waals surface area contributed by atoms with Gasteiger partial charge in [0, 0.05) is 5.56 Å². The molecule has 0 atom stereocenters. The van der Waals surface area contributed by atoms with Gasteiger partial charge in [-0.2, -0.15) is 16.8 Å². The van der Waals surface area contributed by atoms with E-state index in [9.17, 15) is 35.8 Å². The topological polar surface area (TPSA) is 163 Å². The van der Waals surface area contributed by atoms with E-state index in [1.54, 1.807) is 12.1 Å². The number of aromatic nitrogens is 1. The molecule has 0 saturated carbocycles. The summed E-state index contributed by atoms with van der Waals surface area (Å²) >= 11 is 0. The molecule has 4 rings (SSSR count). The SMILES string of the molecule is O=C1C(c2c(O)c3c(S(=O)(=O)O)cccc3n2S(=O)(=O)O)=Nc2ccccc21. The van der Waals surface area contributed by atoms with Crippen LogP contribution in [0.3, 0.4) is 0 Å². The van der Waals surface area contributed by atoms with Crippen LogP contribution in [0.15, 0.2) is 52.4 Å². The van der Waals surface area contributed by atoms with Gasteiger partial charge in [-0.25, -0.2) is 8.96 Å². The van der Waals surface area contributed by atoms with Gasteiger partial charge in [-0.3, -0.25) is 13.9 Å². The molecular formula is C16H10N2O8S2. The Morgan fingerprint density at radius 2 is 1.61 bits per heavy atom. The smallest absolute Gasteiger partial charge is 0.364 e. The maximum absolute atomic E-state index is 12.7. The molecule has 10 nitrogen and oxygen atoms in total. The summed E-state index contributed by atoms with van der Waals surface area (Å²) in [5.74, 6) is -1.67. The van der Waals surface area contributed by atoms with Crippen LogP contribution in [0, 0.1) is 0 Å². The number of nitrogens with zero attached hydrogens (tertiary/aromatic N) is 2. The van der Waals surface area contributed by atoms with Gasteiger partial charge in [-0.1, -0.05) is 18.2 Å². The molecule has 1 aliphatic rings. The third-order valence-corrected chi connectivity index (χ3v) is 5.95. The lowest BCUT2D eigenvalue weighted by Crippen LogP contribution is -2.21. The summed E-state index contributed by atoms with van der Waals surface area (Å²) in [4.78, 5) is 15.9. The van der Waals surface area contributed by atoms with Crippen molar-refractivity contribution in [2.45, 2.75) is 4.90 Å². The fourth-order valence-electron chi connectivity index (χ4n) is 3.15. The van der Waals surface area contributed by atoms with Crippen LogP contribution in [0.1, 0.15) is 16.1 Å². The Bertz CT molecular complexity index is 1430. The fraction of sp³-hybridized carbons (Fsp3) is 0. The van der Waals surface area contributed by atoms with Crippen LogP contribution in [0.25, 0.3) is 10.9 Å². The van der Waals surface area contributed by atoms with Crippen LogP contribution in [0.5, 0.6) is 5.75 Å². The lowest BCUT2D eigenvalue weighted by Gasteiger charge is -2.06. The molecule has 1 aliphatic heterocycles. The summed E-state index contributed by atoms with van der Waals surface area (Å²) in [6.07, 6.45) is 0. The maximum atomic E-state index is 12.7. The van der Waals surface area contributed by atoms with Crippen LogP contribution in [-0.4, -0.2) is 46.5 Å². The Labute approximate surface area is 158 Å². The molecule has 0 bridgehead atoms. The minimum absolute atomic E-state index is 0.138. The Morgan fingerprint density at radius 3 is 2.21 bits per heavy atom. The molecule has 0 unspecified atom stereocenters. The van der Waals surface area contributed by atoms with E-state index >= 15 is 0 Å². The number of carbonyl (C=O) groups is 1. The lowest BCUT2D eigenvalue weighted by molar-refractivity contribution is 0.106. The molecule has 0 fully saturated rings. The zero-order valence-electron chi connectivity index (χ0n) is 13.6. The Balaban J connectivity index is 2.17. The van der Waals surface area contributed by atoms with Gasteiger partial charge >= 0.3 is 10.3 Å². The van der Waals surface area contributed by atoms with E-state index in [-0.39, 0.29) is 15.2 Å². The number of ketones is 1. The maximum Gasteiger partial charge on any atom is 0.364 e. The van der Waals surface area contributed by atoms with E-state index in [0.29, 0.717) is 0 Å². The van der Waals surface area contributed by atoms with E-state index in [1.807, 2.05) is 0 Å². The van der Waals surface area contributed by atoms with Crippen molar-refractivity contribution in [3.8, 4) is 5.75 Å². The lowest BCUT2D eigenvalue weighted by atomic mass is 10.1. The van der Waals surface area contributed by atoms with Crippen LogP contribution in [0.4, 0.5) is 5.69 Å². The summed E-state index contributed by atoms with van der Waals surface area (Å²) in [6.45, 7) is 0. The van der Waals surface area contributed by atoms with Crippen molar-refractivity contribution in [3.63, 3.8) is 0 Å². The number of aromatic hydroxyl groups is 1. The molecule has 12 heteroatoms. The molecule has 2 heterocycles. The highest BCUT2D eigenvalue weighted by Crippen LogP contribution is 2.40. The van der Waals surface area contributed by atoms with Crippen molar-refractivity contribution >= 4 is 48.5 Å². The first kappa shape index (κ1) is 18.3. The molecule has 0 radical (unpaired) electrons. The Hall–Kier alpha value is -3.06. The van der Waals surface area contributed by atoms with Gasteiger partial charge < -0.3 is 5.11 Å². The van der Waals surface area contributed by atoms with E-state index in [4.69, 9.17) is 0 Å². The molecule has 2 aromatic carbocycles. The van der Waals surface area contributed by atoms with E-state index in [0.717, 1.165) is 18.2 Å². The number of aliphatic imine (C=N–C) groups is 1. The van der Waals surface area contributed by atoms with Gasteiger partial charge in [0.25, 0.3) is 10.1 Å². The molecule has 0 saturated heterocycles. The number of benzene rings is 2. The minimum atomic E-state index is -5.10. The number of hydrogen-bond acceptors (Lipinski definition) is 7. The average Bonchev–Trinajstić information content (AvgIpc) is 3.09. The molecule has 0 amide bonds. The van der Waals surface area contributed by atoms with Crippen molar-refractivity contribution in [2.24, 2.45) is 4.99 Å². The second-order valence-electron chi connectivity index (χ2n) is 5.87. The van der Waals surface area contributed by atoms with Crippen LogP contribution in [0.2, 0.25) is 0 Å². The average molecular weight is 422 g/mol. The number of fused-ring (bicyclic) bond motifs is 2. The van der Waals surface area contributed by atoms with Crippen LogP contribution in [-0.2, 0) is 20.4 Å². The van der Waals surface area contributed by atoms with Crippen molar-refractivity contribution in [1.82, 2.24) is 3.97 Å². The predicted molar refractivity (Wildman–Crippen MR) is 97.3 cm³/mol. The van der Waals surface area contributed by atoms with Crippen LogP contribution >= 0.6 is 0 Å². The number of rotatable bonds is 3. The highest BCUT2D eigenvalue weighted by Gasteiger charge is 2.36. The summed E-state index contributed by atoms with van der Waals surface area (Å²) < 4.78 is 66.6. The van der Waals surface area contributed by atoms with E-state index in [2.05, 4.69) is 4.99 Å². The van der Waals surface area contributed by atoms with Gasteiger partial charge in [0.1, 0.15) is 16.3 Å². The van der Waals surface area contributed by atoms with Gasteiger partial charge in [0.15, 0.2) is 5.75 Å². The molecular weight excluding hydrogens is 412 g/mol. The van der Waals surface area contributed by atoms with Crippen molar-refractivity contribution in [1.29, 1.82) is 0 Å². The fourth-order valence-corrected chi connectivity index (χ4v) is 4.66. The van der Waals surface area contributed by atoms with Gasteiger partial charge in [-0.15, -0.1) is 0 Å². The molecule has 3 N–H and O–H groups in total. The predicted octanol–water partition coefficient (Wildman–Crippen LogP) is 1.56. The normalized spacial score (nSPS) is 14.4. The van der Waals surface area contributed by atoms with Crippen molar-refractivity contribution in [2.75, 3.05) is 0 Å². The Kier molecular flexibility index (Phi) is 3.74. The second kappa shape index (κ2) is 5.72. The molecule has 28 heavy (non-hydrogen) atoms. The summed E-state index contributed by atoms with van der Waals surface area (Å²) in [5.41, 5.74) is -1.33. The molecule has 0 aliphatic carbocycles. The summed E-state index contributed by atoms with van der Waals surface area (Å²) in [5, 5.41) is 10.1. The Morgan fingerprint density at radius 1 is 0.929 bits per heavy atom. The number of hydrogen-bond donors (Lipinski definition) is 3. The number of Topliss-reactive ketones (excluding diaryl/α,β-unsaturated/α-hetero) is 1. The zero-order chi connectivity index (χ0) is 20.4. The first-order valence-electron chi connectivity index (χ1n) is 7.56. The summed E-state index contributed by atoms with van der Waals surface area (Å²) in [7, 11) is -9.97. The molecule has 0 spiro atoms. The van der Waals surface area contributed by atoms with Gasteiger partial charge in [-0.05, 0) is 24.3 Å². The molecule has 144 valence electrons. The monoisotopic (exact) mass is 422 g/mol. The van der Waals surface area contributed by atoms with Gasteiger partial charge in [0.05, 0.1) is 16.6 Å². The standard InChI is InChI=1S/C16H10N2O8S2/c19-15-8-4-1-2-5-9(8)17-13(15)14-16(20)12-10(18(14)28(24,25)26)6-3-7-11(12)27(21,22)23/h1-7,20H,(H,21,22,23)(H,24,25,26). The van der Waals surface area contributed by atoms with Crippen molar-refractivity contribution in [3.05, 3.63) is 53.7 Å². The summed E-state index contributed by atoms with van der Waals surface area (Å²) in [6, 6.07) is 9.20. The highest BCUT2D eigenvalue weighted by atomic mass is 32.2. The number of para-hydroxylation sites is 1. The van der Waals surface area contributed by atoms with E-state index in [1.165, 1.54) is 12.1 Å². The number of carbonyl (C=O) groups excluding carboxylic acids is 1. The van der Waals surface area contributed by atoms with Crippen molar-refractivity contribution < 1.29 is 35.8 Å². The second-order valence-corrected chi connectivity index (χ2v) is 8.52. The molecule has 1 aromatic heterocycles. The highest BCUT2D eigenvalue weighted by molar-refractivity contribution is 7.86. The third-order valence-electron chi connectivity index (χ3n) is 4.22. The van der Waals surface area contributed by atoms with Gasteiger partial charge in [0.2, 0.25) is 5.78 Å². The first-order valence-corrected chi connectivity index (χ1v) is 10.4. The van der Waals surface area contributed by atoms with Crippen LogP contribution < -0.4 is 0 Å². The zero-order valence-corrected chi connectivity index (χ0v) is 15.3. The third kappa shape index (κ3) is 2.54. The minimum Gasteiger partial charge on any atom is -0.505 e. The van der Waals surface area contributed by atoms with E-state index < -0.39 is 59.2 Å².